The summed E-state index contributed by atoms with van der Waals surface area (Å²) in [5, 5.41) is 22.5. The molecule has 0 aliphatic carbocycles. The van der Waals surface area contributed by atoms with Crippen molar-refractivity contribution in [2.24, 2.45) is 0 Å². The summed E-state index contributed by atoms with van der Waals surface area (Å²) in [6.07, 6.45) is 8.16. The second-order valence-corrected chi connectivity index (χ2v) is 16.5. The molecule has 15 nitrogen and oxygen atoms in total. The summed E-state index contributed by atoms with van der Waals surface area (Å²) >= 11 is 14.6. The monoisotopic (exact) mass is 853 g/mol. The molecule has 5 heterocycles. The number of benzene rings is 1. The average Bonchev–Trinajstić information content (AvgIpc) is 3.97. The summed E-state index contributed by atoms with van der Waals surface area (Å²) in [5.41, 5.74) is 4.01. The zero-order valence-corrected chi connectivity index (χ0v) is 35.0. The number of thiophene rings is 1. The largest absolute Gasteiger partial charge is 0.387 e. The first-order valence-corrected chi connectivity index (χ1v) is 21.0. The van der Waals surface area contributed by atoms with Crippen LogP contribution in [0, 0.1) is 0 Å². The number of hydrogen-bond acceptors (Lipinski definition) is 9. The van der Waals surface area contributed by atoms with Gasteiger partial charge in [-0.1, -0.05) is 29.3 Å². The molecule has 58 heavy (non-hydrogen) atoms. The van der Waals surface area contributed by atoms with Crippen LogP contribution in [0.2, 0.25) is 10.0 Å². The Morgan fingerprint density at radius 2 is 1.76 bits per heavy atom. The maximum Gasteiger partial charge on any atom is 0.248 e. The first kappa shape index (κ1) is 42.9. The number of aromatic amines is 1. The van der Waals surface area contributed by atoms with Gasteiger partial charge in [0.1, 0.15) is 13.2 Å². The highest BCUT2D eigenvalue weighted by Crippen LogP contribution is 2.42. The zero-order chi connectivity index (χ0) is 41.3. The number of aliphatic hydroxyl groups excluding tert-OH is 1. The van der Waals surface area contributed by atoms with Gasteiger partial charge in [-0.3, -0.25) is 28.7 Å². The van der Waals surface area contributed by atoms with Crippen molar-refractivity contribution in [1.82, 2.24) is 40.1 Å². The number of aromatic nitrogens is 3. The van der Waals surface area contributed by atoms with Gasteiger partial charge in [0, 0.05) is 104 Å². The second-order valence-electron chi connectivity index (χ2n) is 14.6. The fraction of sp³-hybridized carbons (Fsp3) is 0.450. The van der Waals surface area contributed by atoms with E-state index in [-0.39, 0.29) is 36.1 Å². The Hall–Kier alpha value is -4.74. The molecule has 0 spiro atoms. The van der Waals surface area contributed by atoms with Crippen LogP contribution in [0.5, 0.6) is 0 Å². The summed E-state index contributed by atoms with van der Waals surface area (Å²) in [6, 6.07) is 7.52. The van der Waals surface area contributed by atoms with Crippen molar-refractivity contribution in [3.63, 3.8) is 0 Å². The van der Waals surface area contributed by atoms with Crippen molar-refractivity contribution < 1.29 is 29.1 Å². The fourth-order valence-corrected chi connectivity index (χ4v) is 8.52. The van der Waals surface area contributed by atoms with Crippen LogP contribution in [-0.4, -0.2) is 131 Å². The number of nitrogens with one attached hydrogen (secondary N) is 3. The Labute approximate surface area is 350 Å². The number of rotatable bonds is 17. The van der Waals surface area contributed by atoms with Gasteiger partial charge in [-0.15, -0.1) is 11.3 Å². The topological polar surface area (TPSA) is 176 Å². The van der Waals surface area contributed by atoms with E-state index in [2.05, 4.69) is 15.6 Å². The lowest BCUT2D eigenvalue weighted by Gasteiger charge is -2.33. The van der Waals surface area contributed by atoms with Crippen molar-refractivity contribution >= 4 is 80.0 Å². The van der Waals surface area contributed by atoms with Gasteiger partial charge < -0.3 is 40.3 Å². The quantitative estimate of drug-likeness (QED) is 0.0921. The van der Waals surface area contributed by atoms with E-state index < -0.39 is 6.61 Å². The molecule has 0 radical (unpaired) electrons. The molecule has 0 saturated carbocycles. The fourth-order valence-electron chi connectivity index (χ4n) is 7.08. The Kier molecular flexibility index (Phi) is 14.6. The number of unbranched alkanes of at least 4 members (excludes halogenated alkanes) is 1. The van der Waals surface area contributed by atoms with Crippen LogP contribution >= 0.6 is 34.5 Å². The number of likely N-dealkylation sites (N-methyl/N-ethyl adjacent to an activating group) is 1. The number of H-pyrrole nitrogens is 1. The first-order valence-electron chi connectivity index (χ1n) is 19.4. The normalized spacial score (nSPS) is 14.5. The van der Waals surface area contributed by atoms with E-state index in [1.54, 1.807) is 31.5 Å². The third kappa shape index (κ3) is 10.7. The molecule has 0 bridgehead atoms. The number of halogens is 2. The molecule has 0 atom stereocenters. The third-order valence-electron chi connectivity index (χ3n) is 10.1. The highest BCUT2D eigenvalue weighted by molar-refractivity contribution is 7.16. The predicted molar refractivity (Wildman–Crippen MR) is 225 cm³/mol. The van der Waals surface area contributed by atoms with Crippen molar-refractivity contribution in [2.75, 3.05) is 71.4 Å². The molecule has 1 fully saturated rings. The highest BCUT2D eigenvalue weighted by atomic mass is 35.5. The molecule has 5 amide bonds. The van der Waals surface area contributed by atoms with Crippen molar-refractivity contribution in [3.8, 4) is 11.3 Å². The molecule has 4 N–H and O–H groups in total. The number of fused-ring (bicyclic) bond motifs is 3. The Balaban J connectivity index is 0.877. The van der Waals surface area contributed by atoms with Gasteiger partial charge in [-0.05, 0) is 57.6 Å². The average molecular weight is 855 g/mol. The van der Waals surface area contributed by atoms with Gasteiger partial charge in [0.25, 0.3) is 0 Å². The molecule has 3 aromatic heterocycles. The van der Waals surface area contributed by atoms with Gasteiger partial charge in [0.15, 0.2) is 0 Å². The number of anilines is 1. The van der Waals surface area contributed by atoms with Gasteiger partial charge in [0.05, 0.1) is 32.8 Å². The lowest BCUT2D eigenvalue weighted by Crippen LogP contribution is -2.51. The lowest BCUT2D eigenvalue weighted by molar-refractivity contribution is -0.135. The first-order chi connectivity index (χ1) is 27.9. The third-order valence-corrected chi connectivity index (χ3v) is 12.1. The van der Waals surface area contributed by atoms with Crippen LogP contribution in [0.15, 0.2) is 42.6 Å². The maximum atomic E-state index is 12.8. The highest BCUT2D eigenvalue weighted by Gasteiger charge is 2.29. The van der Waals surface area contributed by atoms with E-state index in [1.807, 2.05) is 43.4 Å². The van der Waals surface area contributed by atoms with Gasteiger partial charge in [-0.25, -0.2) is 0 Å². The van der Waals surface area contributed by atoms with Crippen molar-refractivity contribution in [1.29, 1.82) is 0 Å². The Morgan fingerprint density at radius 1 is 1.00 bits per heavy atom. The minimum absolute atomic E-state index is 0.0456. The summed E-state index contributed by atoms with van der Waals surface area (Å²) < 4.78 is 1.74. The van der Waals surface area contributed by atoms with Crippen LogP contribution in [-0.2, 0) is 49.9 Å². The molecule has 4 aromatic rings. The number of piperazine rings is 1. The van der Waals surface area contributed by atoms with Crippen LogP contribution in [0.3, 0.4) is 0 Å². The van der Waals surface area contributed by atoms with Crippen LogP contribution in [0.4, 0.5) is 5.00 Å². The smallest absolute Gasteiger partial charge is 0.248 e. The molecule has 1 aromatic carbocycles. The molecule has 1 saturated heterocycles. The minimum Gasteiger partial charge on any atom is -0.387 e. The van der Waals surface area contributed by atoms with Gasteiger partial charge in [-0.2, -0.15) is 5.10 Å². The molecule has 6 rings (SSSR count). The zero-order valence-electron chi connectivity index (χ0n) is 32.7. The van der Waals surface area contributed by atoms with E-state index in [4.69, 9.17) is 28.3 Å². The Bertz CT molecular complexity index is 2180. The molecule has 2 aliphatic rings. The number of amides is 5. The Morgan fingerprint density at radius 3 is 2.48 bits per heavy atom. The van der Waals surface area contributed by atoms with Crippen molar-refractivity contribution in [2.45, 2.75) is 51.6 Å². The predicted octanol–water partition coefficient (Wildman–Crippen LogP) is 3.61. The number of hydrogen-bond donors (Lipinski definition) is 4. The number of carbonyl (C=O) groups excluding carboxylic acids is 5. The number of nitrogens with zero attached hydrogens (tertiary/aromatic N) is 6. The number of aliphatic hydroxyl groups is 1. The molecular weight excluding hydrogens is 805 g/mol. The number of carbonyl (C=O) groups is 5. The second kappa shape index (κ2) is 19.8. The summed E-state index contributed by atoms with van der Waals surface area (Å²) in [5.74, 6) is -0.781. The molecular formula is C40H49Cl2N9O6S. The van der Waals surface area contributed by atoms with E-state index in [9.17, 15) is 29.1 Å². The standard InChI is InChI=1S/C40H49Cl2N9O6S/c1-47(2)16-5-8-34(55)49-20-21-51(35(56)24-49)37-10-9-26(58-37)11-14-43-32(53)6-3-4-7-33(54)44-15-19-50-18-13-31(46-50)27-22-29(41)39(42)40-38(27)28-23-48(36(57)25-52)17-12-30(28)45-40/h5,8-10,13,18,22,45,52H,3-4,6-7,11-12,14-17,19-21,23-25H2,1-2H3,(H,43,53)(H,44,54)/b8-5+. The molecule has 0 unspecified atom stereocenters. The van der Waals surface area contributed by atoms with Crippen molar-refractivity contribution in [3.05, 3.63) is 68.8 Å². The molecule has 2 aliphatic heterocycles. The SMILES string of the molecule is CN(C)C/C=C/C(=O)N1CCN(c2ccc(CCNC(=O)CCCCC(=O)NCCn3ccc(-c4cc(Cl)c(Cl)c5[nH]c6c(c45)CN(C(=O)CO)CC6)n3)s2)C(=O)C1. The molecule has 310 valence electrons. The van der Waals surface area contributed by atoms with Crippen LogP contribution < -0.4 is 15.5 Å². The van der Waals surface area contributed by atoms with E-state index in [0.29, 0.717) is 112 Å². The molecule has 18 heteroatoms. The summed E-state index contributed by atoms with van der Waals surface area (Å²) in [7, 11) is 3.84. The minimum atomic E-state index is -0.552. The van der Waals surface area contributed by atoms with Crippen LogP contribution in [0.1, 0.15) is 41.8 Å². The van der Waals surface area contributed by atoms with Crippen LogP contribution in [0.25, 0.3) is 22.2 Å². The maximum absolute atomic E-state index is 12.8. The summed E-state index contributed by atoms with van der Waals surface area (Å²) in [4.78, 5) is 73.8. The van der Waals surface area contributed by atoms with Gasteiger partial charge >= 0.3 is 0 Å². The lowest BCUT2D eigenvalue weighted by atomic mass is 9.99. The van der Waals surface area contributed by atoms with E-state index in [0.717, 1.165) is 32.1 Å². The van der Waals surface area contributed by atoms with E-state index >= 15 is 0 Å². The van der Waals surface area contributed by atoms with Gasteiger partial charge in [0.2, 0.25) is 29.5 Å². The van der Waals surface area contributed by atoms with E-state index in [1.165, 1.54) is 17.4 Å². The summed E-state index contributed by atoms with van der Waals surface area (Å²) in [6.45, 7) is 3.16.